The maximum absolute atomic E-state index is 9.69. The molecule has 2 atom stereocenters. The van der Waals surface area contributed by atoms with E-state index in [1.54, 1.807) is 0 Å². The van der Waals surface area contributed by atoms with Gasteiger partial charge in [0.15, 0.2) is 17.5 Å². The lowest BCUT2D eigenvalue weighted by molar-refractivity contribution is -0.0268. The third kappa shape index (κ3) is 6.06. The summed E-state index contributed by atoms with van der Waals surface area (Å²) in [6.45, 7) is 0. The van der Waals surface area contributed by atoms with Gasteiger partial charge in [0.05, 0.1) is 11.6 Å². The molecule has 0 saturated heterocycles. The summed E-state index contributed by atoms with van der Waals surface area (Å²) < 4.78 is 0. The van der Waals surface area contributed by atoms with E-state index in [4.69, 9.17) is 15.0 Å². The summed E-state index contributed by atoms with van der Waals surface area (Å²) in [5.74, 6) is 3.43. The lowest BCUT2D eigenvalue weighted by atomic mass is 9.41. The Balaban J connectivity index is 0.919. The van der Waals surface area contributed by atoms with E-state index in [-0.39, 0.29) is 10.8 Å². The molecule has 4 nitrogen and oxygen atoms in total. The largest absolute Gasteiger partial charge is 0.208 e. The van der Waals surface area contributed by atoms with Crippen molar-refractivity contribution in [2.75, 3.05) is 0 Å². The van der Waals surface area contributed by atoms with Crippen LogP contribution in [0.5, 0.6) is 0 Å². The van der Waals surface area contributed by atoms with Crippen LogP contribution >= 0.6 is 0 Å². The van der Waals surface area contributed by atoms with Gasteiger partial charge in [-0.15, -0.1) is 0 Å². The lowest BCUT2D eigenvalue weighted by Gasteiger charge is -2.63. The molecule has 4 saturated carbocycles. The van der Waals surface area contributed by atoms with Crippen LogP contribution in [0.3, 0.4) is 0 Å². The minimum absolute atomic E-state index is 0.124. The molecule has 9 aromatic rings. The van der Waals surface area contributed by atoms with E-state index < -0.39 is 0 Å². The Kier molecular flexibility index (Phi) is 8.54. The Bertz CT molecular complexity index is 3150. The van der Waals surface area contributed by atoms with Crippen molar-refractivity contribution in [2.24, 2.45) is 11.8 Å². The smallest absolute Gasteiger partial charge is 0.164 e. The predicted molar refractivity (Wildman–Crippen MR) is 251 cm³/mol. The number of nitriles is 1. The van der Waals surface area contributed by atoms with E-state index in [2.05, 4.69) is 109 Å². The minimum atomic E-state index is 0.124. The highest BCUT2D eigenvalue weighted by Gasteiger charge is 2.59. The van der Waals surface area contributed by atoms with Gasteiger partial charge in [-0.1, -0.05) is 170 Å². The van der Waals surface area contributed by atoms with Crippen LogP contribution in [0.25, 0.3) is 78.0 Å². The van der Waals surface area contributed by atoms with Crippen molar-refractivity contribution in [1.29, 1.82) is 5.26 Å². The van der Waals surface area contributed by atoms with Crippen LogP contribution in [0.4, 0.5) is 0 Å². The monoisotopic (exact) mass is 796 g/mol. The quantitative estimate of drug-likeness (QED) is 0.161. The molecule has 0 N–H and O–H groups in total. The first kappa shape index (κ1) is 36.6. The fourth-order valence-corrected chi connectivity index (χ4v) is 12.4. The van der Waals surface area contributed by atoms with Crippen molar-refractivity contribution in [3.8, 4) is 62.5 Å². The molecule has 4 bridgehead atoms. The zero-order valence-corrected chi connectivity index (χ0v) is 34.5. The number of hydrogen-bond donors (Lipinski definition) is 0. The highest BCUT2D eigenvalue weighted by atomic mass is 15.0. The average Bonchev–Trinajstić information content (AvgIpc) is 3.33. The Morgan fingerprint density at radius 2 is 0.823 bits per heavy atom. The van der Waals surface area contributed by atoms with Crippen LogP contribution in [0.2, 0.25) is 0 Å². The summed E-state index contributed by atoms with van der Waals surface area (Å²) in [5, 5.41) is 15.1. The Labute approximate surface area is 362 Å². The molecule has 1 heterocycles. The number of aromatic nitrogens is 3. The molecule has 62 heavy (non-hydrogen) atoms. The van der Waals surface area contributed by atoms with Gasteiger partial charge in [-0.25, -0.2) is 15.0 Å². The third-order valence-electron chi connectivity index (χ3n) is 14.5. The number of fused-ring (bicyclic) bond motifs is 2. The second-order valence-corrected chi connectivity index (χ2v) is 18.2. The molecule has 4 fully saturated rings. The molecule has 2 unspecified atom stereocenters. The summed E-state index contributed by atoms with van der Waals surface area (Å²) in [5.41, 5.74) is 11.7. The maximum Gasteiger partial charge on any atom is 0.164 e. The van der Waals surface area contributed by atoms with Gasteiger partial charge in [0.1, 0.15) is 0 Å². The first-order valence-electron chi connectivity index (χ1n) is 22.1. The summed E-state index contributed by atoms with van der Waals surface area (Å²) in [4.78, 5) is 14.9. The standard InChI is InChI=1S/C58H44N4/c59-36-38-12-11-17-45(31-38)47-27-29-53(51-21-10-8-19-49(47)51)58-34-39-30-40(35-58)33-57(32-39,37-58)52-28-26-46(48-18-7-9-20-50(48)52)41-22-24-44(25-23-41)56-61-54(42-13-3-1-4-14-42)60-55(62-56)43-15-5-2-6-16-43/h1-29,31,39-40H,30,32-35,37H2. The van der Waals surface area contributed by atoms with Gasteiger partial charge in [0.25, 0.3) is 0 Å². The molecule has 0 spiro atoms. The molecule has 296 valence electrons. The third-order valence-corrected chi connectivity index (χ3v) is 14.5. The second kappa shape index (κ2) is 14.5. The van der Waals surface area contributed by atoms with Crippen molar-refractivity contribution < 1.29 is 0 Å². The van der Waals surface area contributed by atoms with E-state index in [0.717, 1.165) is 22.3 Å². The fourth-order valence-electron chi connectivity index (χ4n) is 12.4. The maximum atomic E-state index is 9.69. The zero-order chi connectivity index (χ0) is 41.3. The Morgan fingerprint density at radius 1 is 0.403 bits per heavy atom. The molecule has 0 radical (unpaired) electrons. The molecule has 1 aromatic heterocycles. The van der Waals surface area contributed by atoms with Crippen LogP contribution < -0.4 is 0 Å². The normalized spacial score (nSPS) is 21.3. The summed E-state index contributed by atoms with van der Waals surface area (Å²) >= 11 is 0. The van der Waals surface area contributed by atoms with Crippen molar-refractivity contribution in [3.63, 3.8) is 0 Å². The van der Waals surface area contributed by atoms with Gasteiger partial charge in [-0.2, -0.15) is 5.26 Å². The first-order chi connectivity index (χ1) is 30.5. The number of rotatable bonds is 7. The van der Waals surface area contributed by atoms with Gasteiger partial charge in [0.2, 0.25) is 0 Å². The van der Waals surface area contributed by atoms with Crippen molar-refractivity contribution in [3.05, 3.63) is 199 Å². The van der Waals surface area contributed by atoms with E-state index in [0.29, 0.717) is 34.9 Å². The predicted octanol–water partition coefficient (Wildman–Crippen LogP) is 14.2. The molecular weight excluding hydrogens is 753 g/mol. The van der Waals surface area contributed by atoms with Gasteiger partial charge in [-0.05, 0) is 128 Å². The Hall–Kier alpha value is -7.22. The van der Waals surface area contributed by atoms with Gasteiger partial charge in [0, 0.05) is 16.7 Å². The fraction of sp³-hybridized carbons (Fsp3) is 0.172. The molecule has 13 rings (SSSR count). The lowest BCUT2D eigenvalue weighted by Crippen LogP contribution is -2.56. The summed E-state index contributed by atoms with van der Waals surface area (Å²) in [6.07, 6.45) is 7.59. The van der Waals surface area contributed by atoms with Crippen LogP contribution in [-0.2, 0) is 10.8 Å². The number of benzene rings is 8. The highest BCUT2D eigenvalue weighted by Crippen LogP contribution is 2.67. The minimum Gasteiger partial charge on any atom is -0.208 e. The average molecular weight is 797 g/mol. The highest BCUT2D eigenvalue weighted by molar-refractivity contribution is 6.01. The molecule has 0 amide bonds. The van der Waals surface area contributed by atoms with Crippen molar-refractivity contribution >= 4 is 21.5 Å². The molecule has 8 aromatic carbocycles. The van der Waals surface area contributed by atoms with Crippen molar-refractivity contribution in [2.45, 2.75) is 49.4 Å². The topological polar surface area (TPSA) is 62.5 Å². The first-order valence-corrected chi connectivity index (χ1v) is 22.1. The summed E-state index contributed by atoms with van der Waals surface area (Å²) in [7, 11) is 0. The second-order valence-electron chi connectivity index (χ2n) is 18.2. The van der Waals surface area contributed by atoms with Crippen LogP contribution in [0, 0.1) is 23.2 Å². The number of hydrogen-bond acceptors (Lipinski definition) is 4. The van der Waals surface area contributed by atoms with E-state index in [9.17, 15) is 5.26 Å². The molecule has 4 heteroatoms. The Morgan fingerprint density at radius 3 is 1.32 bits per heavy atom. The molecule has 0 aliphatic heterocycles. The molecular formula is C58H44N4. The molecule has 4 aliphatic carbocycles. The van der Waals surface area contributed by atoms with Crippen LogP contribution in [0.15, 0.2) is 182 Å². The zero-order valence-electron chi connectivity index (χ0n) is 34.5. The van der Waals surface area contributed by atoms with E-state index in [1.165, 1.54) is 87.9 Å². The van der Waals surface area contributed by atoms with E-state index >= 15 is 0 Å². The SMILES string of the molecule is N#Cc1cccc(-c2ccc(C34CC5CC(CC(c6ccc(-c7ccc(-c8nc(-c9ccccc9)nc(-c9ccccc9)n8)cc7)c7ccccc67)(C5)C3)C4)c3ccccc23)c1. The molecule has 4 aliphatic rings. The van der Waals surface area contributed by atoms with Crippen LogP contribution in [0.1, 0.15) is 55.2 Å². The van der Waals surface area contributed by atoms with E-state index in [1.807, 2.05) is 78.9 Å². The number of nitrogens with zero attached hydrogens (tertiary/aromatic N) is 4. The van der Waals surface area contributed by atoms with Crippen molar-refractivity contribution in [1.82, 2.24) is 15.0 Å². The van der Waals surface area contributed by atoms with Gasteiger partial charge >= 0.3 is 0 Å². The van der Waals surface area contributed by atoms with Gasteiger partial charge in [-0.3, -0.25) is 0 Å². The van der Waals surface area contributed by atoms with Gasteiger partial charge < -0.3 is 0 Å². The summed E-state index contributed by atoms with van der Waals surface area (Å²) in [6, 6.07) is 67.4. The van der Waals surface area contributed by atoms with Crippen LogP contribution in [-0.4, -0.2) is 15.0 Å².